The highest BCUT2D eigenvalue weighted by molar-refractivity contribution is 7.89. The summed E-state index contributed by atoms with van der Waals surface area (Å²) in [7, 11) is -3.80. The third-order valence-corrected chi connectivity index (χ3v) is 5.47. The minimum absolute atomic E-state index is 0.0463. The van der Waals surface area contributed by atoms with E-state index in [0.29, 0.717) is 25.1 Å². The number of benzene rings is 2. The van der Waals surface area contributed by atoms with Crippen LogP contribution in [0.3, 0.4) is 0 Å². The van der Waals surface area contributed by atoms with Crippen LogP contribution in [0.2, 0.25) is 0 Å². The zero-order valence-corrected chi connectivity index (χ0v) is 14.6. The molecule has 0 saturated carbocycles. The van der Waals surface area contributed by atoms with E-state index in [4.69, 9.17) is 5.14 Å². The molecule has 26 heavy (non-hydrogen) atoms. The quantitative estimate of drug-likeness (QED) is 0.844. The maximum absolute atomic E-state index is 12.6. The van der Waals surface area contributed by atoms with Crippen LogP contribution in [0.25, 0.3) is 0 Å². The lowest BCUT2D eigenvalue weighted by molar-refractivity contribution is 0.0695. The first-order valence-corrected chi connectivity index (χ1v) is 9.56. The Hall–Kier alpha value is -2.71. The molecule has 0 aromatic heterocycles. The summed E-state index contributed by atoms with van der Waals surface area (Å²) in [6, 6.07) is 12.3. The number of hydrogen-bond donors (Lipinski definition) is 2. The normalized spacial score (nSPS) is 17.3. The van der Waals surface area contributed by atoms with Crippen molar-refractivity contribution in [2.24, 2.45) is 5.14 Å². The van der Waals surface area contributed by atoms with Gasteiger partial charge in [-0.25, -0.2) is 18.4 Å². The van der Waals surface area contributed by atoms with Crippen LogP contribution >= 0.6 is 0 Å². The summed E-state index contributed by atoms with van der Waals surface area (Å²) in [5.74, 6) is -1.25. The second-order valence-electron chi connectivity index (χ2n) is 6.20. The Kier molecular flexibility index (Phi) is 4.80. The van der Waals surface area contributed by atoms with Crippen molar-refractivity contribution in [3.05, 3.63) is 65.2 Å². The first-order chi connectivity index (χ1) is 12.3. The van der Waals surface area contributed by atoms with Gasteiger partial charge in [0.1, 0.15) is 0 Å². The Balaban J connectivity index is 1.77. The molecule has 1 atom stereocenters. The van der Waals surface area contributed by atoms with E-state index in [1.165, 1.54) is 24.3 Å². The van der Waals surface area contributed by atoms with E-state index in [9.17, 15) is 23.1 Å². The first kappa shape index (κ1) is 18.1. The molecule has 7 nitrogen and oxygen atoms in total. The number of primary sulfonamides is 1. The van der Waals surface area contributed by atoms with Crippen LogP contribution in [0.1, 0.15) is 38.6 Å². The topological polar surface area (TPSA) is 118 Å². The molecule has 1 aliphatic heterocycles. The molecule has 3 rings (SSSR count). The average molecular weight is 374 g/mol. The Bertz CT molecular complexity index is 954. The van der Waals surface area contributed by atoms with Gasteiger partial charge in [-0.2, -0.15) is 0 Å². The van der Waals surface area contributed by atoms with Crippen LogP contribution in [0.15, 0.2) is 53.4 Å². The van der Waals surface area contributed by atoms with Gasteiger partial charge in [-0.15, -0.1) is 0 Å². The fourth-order valence-electron chi connectivity index (χ4n) is 3.22. The molecule has 1 saturated heterocycles. The van der Waals surface area contributed by atoms with Crippen LogP contribution in [-0.4, -0.2) is 43.4 Å². The lowest BCUT2D eigenvalue weighted by Gasteiger charge is -2.18. The van der Waals surface area contributed by atoms with Crippen LogP contribution in [-0.2, 0) is 10.0 Å². The summed E-state index contributed by atoms with van der Waals surface area (Å²) < 4.78 is 22.6. The fraction of sp³-hybridized carbons (Fsp3) is 0.222. The number of carboxylic acids is 1. The molecule has 1 unspecified atom stereocenters. The zero-order chi connectivity index (χ0) is 18.9. The lowest BCUT2D eigenvalue weighted by atomic mass is 9.93. The zero-order valence-electron chi connectivity index (χ0n) is 13.8. The maximum atomic E-state index is 12.6. The van der Waals surface area contributed by atoms with E-state index in [1.807, 2.05) is 0 Å². The molecule has 0 aliphatic carbocycles. The number of carbonyl (C=O) groups is 2. The van der Waals surface area contributed by atoms with Crippen molar-refractivity contribution in [2.45, 2.75) is 17.2 Å². The van der Waals surface area contributed by atoms with Crippen LogP contribution in [0.4, 0.5) is 0 Å². The Morgan fingerprint density at radius 1 is 1.08 bits per heavy atom. The minimum Gasteiger partial charge on any atom is -0.478 e. The molecule has 1 aliphatic rings. The molecule has 1 fully saturated rings. The van der Waals surface area contributed by atoms with Gasteiger partial charge in [0.15, 0.2) is 0 Å². The number of hydrogen-bond acceptors (Lipinski definition) is 4. The van der Waals surface area contributed by atoms with E-state index in [0.717, 1.165) is 5.56 Å². The number of carbonyl (C=O) groups excluding carboxylic acids is 1. The summed E-state index contributed by atoms with van der Waals surface area (Å²) in [5.41, 5.74) is 1.34. The molecule has 136 valence electrons. The summed E-state index contributed by atoms with van der Waals surface area (Å²) in [4.78, 5) is 25.6. The van der Waals surface area contributed by atoms with Gasteiger partial charge < -0.3 is 10.0 Å². The molecular formula is C18H18N2O5S. The number of rotatable bonds is 4. The van der Waals surface area contributed by atoms with Crippen molar-refractivity contribution >= 4 is 21.9 Å². The monoisotopic (exact) mass is 374 g/mol. The molecule has 0 spiro atoms. The number of likely N-dealkylation sites (tertiary alicyclic amines) is 1. The highest BCUT2D eigenvalue weighted by atomic mass is 32.2. The van der Waals surface area contributed by atoms with Gasteiger partial charge >= 0.3 is 5.97 Å². The predicted molar refractivity (Wildman–Crippen MR) is 94.5 cm³/mol. The standard InChI is InChI=1S/C18H18N2O5S/c19-26(24,25)14-7-5-12(6-8-14)17(21)20-10-9-13(11-20)15-3-1-2-4-16(15)18(22)23/h1-8,13H,9-11H2,(H,22,23)(H2,19,24,25). The molecule has 0 radical (unpaired) electrons. The first-order valence-electron chi connectivity index (χ1n) is 8.01. The lowest BCUT2D eigenvalue weighted by Crippen LogP contribution is -2.28. The van der Waals surface area contributed by atoms with Crippen molar-refractivity contribution in [2.75, 3.05) is 13.1 Å². The molecular weight excluding hydrogens is 356 g/mol. The summed E-state index contributed by atoms with van der Waals surface area (Å²) in [6.07, 6.45) is 0.672. The van der Waals surface area contributed by atoms with Gasteiger partial charge in [0.05, 0.1) is 10.5 Å². The third kappa shape index (κ3) is 3.61. The van der Waals surface area contributed by atoms with E-state index < -0.39 is 16.0 Å². The number of nitrogens with zero attached hydrogens (tertiary/aromatic N) is 1. The minimum atomic E-state index is -3.80. The molecule has 3 N–H and O–H groups in total. The van der Waals surface area contributed by atoms with Crippen molar-refractivity contribution in [1.82, 2.24) is 4.90 Å². The fourth-order valence-corrected chi connectivity index (χ4v) is 3.73. The van der Waals surface area contributed by atoms with Crippen molar-refractivity contribution in [1.29, 1.82) is 0 Å². The number of sulfonamides is 1. The van der Waals surface area contributed by atoms with Gasteiger partial charge in [-0.3, -0.25) is 4.79 Å². The maximum Gasteiger partial charge on any atom is 0.335 e. The largest absolute Gasteiger partial charge is 0.478 e. The number of nitrogens with two attached hydrogens (primary N) is 1. The van der Waals surface area contributed by atoms with E-state index in [-0.39, 0.29) is 22.3 Å². The van der Waals surface area contributed by atoms with Gasteiger partial charge in [-0.05, 0) is 42.3 Å². The average Bonchev–Trinajstić information content (AvgIpc) is 3.10. The Labute approximate surface area is 151 Å². The Morgan fingerprint density at radius 2 is 1.73 bits per heavy atom. The third-order valence-electron chi connectivity index (χ3n) is 4.54. The van der Waals surface area contributed by atoms with E-state index >= 15 is 0 Å². The van der Waals surface area contributed by atoms with Gasteiger partial charge in [0, 0.05) is 24.6 Å². The number of aromatic carboxylic acids is 1. The van der Waals surface area contributed by atoms with Gasteiger partial charge in [-0.1, -0.05) is 18.2 Å². The van der Waals surface area contributed by atoms with Crippen LogP contribution < -0.4 is 5.14 Å². The molecule has 0 bridgehead atoms. The van der Waals surface area contributed by atoms with Crippen LogP contribution in [0.5, 0.6) is 0 Å². The number of amides is 1. The van der Waals surface area contributed by atoms with Crippen molar-refractivity contribution in [3.8, 4) is 0 Å². The molecule has 1 heterocycles. The van der Waals surface area contributed by atoms with Crippen molar-refractivity contribution < 1.29 is 23.1 Å². The van der Waals surface area contributed by atoms with E-state index in [2.05, 4.69) is 0 Å². The van der Waals surface area contributed by atoms with Gasteiger partial charge in [0.25, 0.3) is 5.91 Å². The summed E-state index contributed by atoms with van der Waals surface area (Å²) in [5, 5.41) is 14.4. The molecule has 1 amide bonds. The summed E-state index contributed by atoms with van der Waals surface area (Å²) in [6.45, 7) is 0.925. The second kappa shape index (κ2) is 6.89. The Morgan fingerprint density at radius 3 is 2.35 bits per heavy atom. The predicted octanol–water partition coefficient (Wildman–Crippen LogP) is 1.66. The molecule has 2 aromatic rings. The molecule has 2 aromatic carbocycles. The number of carboxylic acid groups (broad SMARTS) is 1. The van der Waals surface area contributed by atoms with Crippen LogP contribution in [0, 0.1) is 0 Å². The summed E-state index contributed by atoms with van der Waals surface area (Å²) >= 11 is 0. The SMILES string of the molecule is NS(=O)(=O)c1ccc(C(=O)N2CCC(c3ccccc3C(=O)O)C2)cc1. The van der Waals surface area contributed by atoms with E-state index in [1.54, 1.807) is 29.2 Å². The highest BCUT2D eigenvalue weighted by Gasteiger charge is 2.30. The van der Waals surface area contributed by atoms with Gasteiger partial charge in [0.2, 0.25) is 10.0 Å². The highest BCUT2D eigenvalue weighted by Crippen LogP contribution is 2.30. The second-order valence-corrected chi connectivity index (χ2v) is 7.76. The smallest absolute Gasteiger partial charge is 0.335 e. The van der Waals surface area contributed by atoms with Crippen molar-refractivity contribution in [3.63, 3.8) is 0 Å². The molecule has 8 heteroatoms.